The third-order valence-corrected chi connectivity index (χ3v) is 30.5. The molecular weight excluding hydrogens is 1670 g/mol. The smallest absolute Gasteiger partial charge is 0.256 e. The van der Waals surface area contributed by atoms with Gasteiger partial charge in [-0.3, -0.25) is 0 Å². The Bertz CT molecular complexity index is 8750. The van der Waals surface area contributed by atoms with Crippen LogP contribution in [0.1, 0.15) is 108 Å². The maximum absolute atomic E-state index is 9.90. The van der Waals surface area contributed by atoms with E-state index in [4.69, 9.17) is 6.11 Å². The molecule has 138 heavy (non-hydrogen) atoms. The Morgan fingerprint density at radius 1 is 0.261 bits per heavy atom. The number of aromatic nitrogens is 1. The van der Waals surface area contributed by atoms with Gasteiger partial charge in [-0.15, -0.1) is 0 Å². The molecule has 0 saturated heterocycles. The maximum Gasteiger partial charge on any atom is 0.256 e. The molecule has 0 saturated carbocycles. The van der Waals surface area contributed by atoms with Gasteiger partial charge < -0.3 is 24.0 Å². The van der Waals surface area contributed by atoms with E-state index in [1.807, 2.05) is 12.1 Å². The van der Waals surface area contributed by atoms with Crippen molar-refractivity contribution in [2.75, 3.05) is 14.7 Å². The van der Waals surface area contributed by atoms with Crippen LogP contribution >= 0.6 is 0 Å². The van der Waals surface area contributed by atoms with Gasteiger partial charge in [0.15, 0.2) is 0 Å². The van der Waals surface area contributed by atoms with E-state index in [1.54, 1.807) is 0 Å². The highest BCUT2D eigenvalue weighted by Gasteiger charge is 2.54. The number of hydrogen-bond donors (Lipinski definition) is 0. The fourth-order valence-corrected chi connectivity index (χ4v) is 24.3. The molecule has 21 aromatic rings. The van der Waals surface area contributed by atoms with Crippen molar-refractivity contribution >= 4 is 130 Å². The molecule has 0 atom stereocenters. The number of anilines is 9. The molecule has 0 radical (unpaired) electrons. The Labute approximate surface area is 815 Å². The molecule has 7 heteroatoms. The first-order valence-corrected chi connectivity index (χ1v) is 48.4. The summed E-state index contributed by atoms with van der Waals surface area (Å²) in [6.45, 7) is 19.9. The highest BCUT2D eigenvalue weighted by Crippen LogP contribution is 2.66. The van der Waals surface area contributed by atoms with E-state index >= 15 is 0 Å². The molecule has 654 valence electrons. The highest BCUT2D eigenvalue weighted by molar-refractivity contribution is 7.03. The predicted molar refractivity (Wildman–Crippen MR) is 583 cm³/mol. The summed E-state index contributed by atoms with van der Waals surface area (Å²) in [5.74, 6) is 1.43. The molecule has 2 aliphatic carbocycles. The third kappa shape index (κ3) is 12.1. The quantitative estimate of drug-likeness (QED) is 0.127. The van der Waals surface area contributed by atoms with E-state index in [0.29, 0.717) is 11.3 Å². The summed E-state index contributed by atoms with van der Waals surface area (Å²) in [6, 6.07) is 147. The summed E-state index contributed by atoms with van der Waals surface area (Å²) in [5, 5.41) is 4.41. The number of para-hydroxylation sites is 3. The van der Waals surface area contributed by atoms with Gasteiger partial charge in [0.25, 0.3) is 13.4 Å². The summed E-state index contributed by atoms with van der Waals surface area (Å²) in [7, 11) is 0. The Kier molecular flexibility index (Phi) is 16.8. The average molecular weight is 1770 g/mol. The van der Waals surface area contributed by atoms with E-state index < -0.39 is 37.0 Å². The van der Waals surface area contributed by atoms with Crippen molar-refractivity contribution in [3.05, 3.63) is 470 Å². The fraction of sp³-hybridized carbons (Fsp3) is 0.0992. The topological polar surface area (TPSA) is 23.9 Å². The second kappa shape index (κ2) is 30.4. The number of fused-ring (bicyclic) bond motifs is 23. The number of hydrogen-bond acceptors (Lipinski definition) is 4. The molecule has 5 nitrogen and oxygen atoms in total. The molecule has 0 unspecified atom stereocenters. The Hall–Kier alpha value is -16.2. The summed E-state index contributed by atoms with van der Waals surface area (Å²) in [6.07, 6.45) is 0. The fourth-order valence-electron chi connectivity index (χ4n) is 24.3. The summed E-state index contributed by atoms with van der Waals surface area (Å²) in [4.78, 5) is 7.68. The molecule has 4 aliphatic heterocycles. The first kappa shape index (κ1) is 76.1. The Morgan fingerprint density at radius 3 is 1.25 bits per heavy atom. The van der Waals surface area contributed by atoms with Crippen molar-refractivity contribution in [3.8, 4) is 106 Å². The molecule has 5 heterocycles. The number of rotatable bonds is 10. The van der Waals surface area contributed by atoms with E-state index in [1.165, 1.54) is 61.2 Å². The Balaban J connectivity index is 0.787. The Morgan fingerprint density at radius 2 is 0.710 bits per heavy atom. The van der Waals surface area contributed by atoms with Gasteiger partial charge in [0, 0.05) is 78.6 Å². The van der Waals surface area contributed by atoms with Crippen LogP contribution < -0.4 is 52.2 Å². The molecule has 6 aliphatic rings. The van der Waals surface area contributed by atoms with Crippen LogP contribution in [-0.4, -0.2) is 18.0 Å². The first-order valence-electron chi connectivity index (χ1n) is 50.9. The lowest BCUT2D eigenvalue weighted by molar-refractivity contribution is 0.488. The summed E-state index contributed by atoms with van der Waals surface area (Å²) >= 11 is 0. The SMILES string of the molecule is [2H]c1c([2H])c([2H])c(-c2cc(-c3ccccc3)c(N3c4cc5c(cc4B4c6ccccc6N(c6ccccc6)c6cc(-n7c8ccc(C(C)(C)C)cc8c8cc(C(C)(C)C)ccc87)cc3c64)B3c4ccccc4N(c4c(-c6ccccc6)cc(C(C)(C)C)cc4-c4ccccc4)c4c3c(cc3cc(-c6cccc7c6C6(c8ccccc8-c8ccccc86)c6ccccc6-7)ccc43)O5)c(-c3ccccc3)c2)c([2H])c1[2H]. The standard InChI is InChI=1S/C131H98B2N4O/c1-128(2,3)89-64-67-113-104(73-89)105-74-90(129(4,5)6)65-68-114(105)135(113)93-77-118-123-119(78-93)136(125-100(82-41-18-11-19-42-82)70-87(81-39-16-10-17-40-81)71-101(125)83-43-20-12-21-44-83)117-80-120-112(79-111(117)132(123)109-59-34-36-61-115(109)134(118)92-49-26-15-27-50-92)133-110-60-35-37-62-116(110)137(126-102(84-45-22-13-23-46-84)75-91(130(7,8)9)76-103(126)85-47-24-14-25-48-85)127-95-66-63-86(69-88(95)72-121(138-120)124(127)133)94-54-38-55-99-98-53-30-33-58-108(98)131(122(94)99)106-56-31-28-51-96(106)97-52-29-32-57-107(97)131/h10-80H,1-9H3/i10D,16D,17D,39D,40D. The summed E-state index contributed by atoms with van der Waals surface area (Å²) < 4.78 is 58.5. The minimum atomic E-state index is -0.639. The van der Waals surface area contributed by atoms with Crippen LogP contribution in [0, 0.1) is 0 Å². The van der Waals surface area contributed by atoms with Gasteiger partial charge in [-0.1, -0.05) is 390 Å². The zero-order valence-corrected chi connectivity index (χ0v) is 78.5. The van der Waals surface area contributed by atoms with E-state index in [-0.39, 0.29) is 33.9 Å². The van der Waals surface area contributed by atoms with Gasteiger partial charge in [0.1, 0.15) is 11.5 Å². The zero-order chi connectivity index (χ0) is 96.9. The molecule has 0 N–H and O–H groups in total. The molecule has 20 aromatic carbocycles. The van der Waals surface area contributed by atoms with Crippen LogP contribution in [-0.2, 0) is 21.7 Å². The van der Waals surface area contributed by atoms with Crippen LogP contribution in [0.2, 0.25) is 0 Å². The van der Waals surface area contributed by atoms with Crippen molar-refractivity contribution in [2.45, 2.75) is 84.0 Å². The van der Waals surface area contributed by atoms with Gasteiger partial charge in [-0.2, -0.15) is 0 Å². The highest BCUT2D eigenvalue weighted by atomic mass is 16.5. The van der Waals surface area contributed by atoms with Gasteiger partial charge >= 0.3 is 0 Å². The van der Waals surface area contributed by atoms with Crippen molar-refractivity contribution < 1.29 is 11.6 Å². The van der Waals surface area contributed by atoms with Gasteiger partial charge in [0.05, 0.1) is 46.1 Å². The molecule has 1 spiro atoms. The molecule has 1 aromatic heterocycles. The molecule has 27 rings (SSSR count). The lowest BCUT2D eigenvalue weighted by atomic mass is 9.30. The second-order valence-electron chi connectivity index (χ2n) is 41.3. The van der Waals surface area contributed by atoms with Crippen LogP contribution in [0.3, 0.4) is 0 Å². The molecule has 0 amide bonds. The van der Waals surface area contributed by atoms with E-state index in [9.17, 15) is 5.48 Å². The van der Waals surface area contributed by atoms with Gasteiger partial charge in [-0.05, 0) is 257 Å². The monoisotopic (exact) mass is 1770 g/mol. The molecule has 0 fully saturated rings. The lowest BCUT2D eigenvalue weighted by Crippen LogP contribution is -2.64. The van der Waals surface area contributed by atoms with E-state index in [2.05, 4.69) is 470 Å². The molecule has 0 bridgehead atoms. The largest absolute Gasteiger partial charge is 0.458 e. The normalized spacial score (nSPS) is 14.2. The number of benzene rings is 20. The summed E-state index contributed by atoms with van der Waals surface area (Å²) in [5.41, 5.74) is 41.4. The van der Waals surface area contributed by atoms with Crippen molar-refractivity contribution in [1.29, 1.82) is 0 Å². The lowest BCUT2D eigenvalue weighted by Gasteiger charge is -2.46. The third-order valence-electron chi connectivity index (χ3n) is 30.5. The maximum atomic E-state index is 9.90. The van der Waals surface area contributed by atoms with Crippen LogP contribution in [0.5, 0.6) is 11.5 Å². The van der Waals surface area contributed by atoms with Crippen LogP contribution in [0.4, 0.5) is 51.2 Å². The number of nitrogens with zero attached hydrogens (tertiary/aromatic N) is 4. The van der Waals surface area contributed by atoms with Crippen LogP contribution in [0.25, 0.3) is 127 Å². The van der Waals surface area contributed by atoms with Crippen LogP contribution in [0.15, 0.2) is 431 Å². The second-order valence-corrected chi connectivity index (χ2v) is 41.3. The average Bonchev–Trinajstić information content (AvgIpc) is 1.46. The van der Waals surface area contributed by atoms with E-state index in [0.717, 1.165) is 184 Å². The van der Waals surface area contributed by atoms with Crippen molar-refractivity contribution in [2.24, 2.45) is 0 Å². The van der Waals surface area contributed by atoms with Crippen molar-refractivity contribution in [1.82, 2.24) is 4.57 Å². The zero-order valence-electron chi connectivity index (χ0n) is 83.5. The minimum absolute atomic E-state index is 0.106. The van der Waals surface area contributed by atoms with Gasteiger partial charge in [0.2, 0.25) is 0 Å². The van der Waals surface area contributed by atoms with Crippen molar-refractivity contribution in [3.63, 3.8) is 0 Å². The van der Waals surface area contributed by atoms with Gasteiger partial charge in [-0.25, -0.2) is 0 Å². The molecular formula is C131H98B2N4O. The first-order chi connectivity index (χ1) is 69.5. The number of ether oxygens (including phenoxy) is 1. The predicted octanol–water partition coefficient (Wildman–Crippen LogP) is 30.7. The minimum Gasteiger partial charge on any atom is -0.458 e.